The Morgan fingerprint density at radius 3 is 2.70 bits per heavy atom. The molecule has 1 heterocycles. The summed E-state index contributed by atoms with van der Waals surface area (Å²) in [6, 6.07) is 13.8. The average molecular weight is 329 g/mol. The first kappa shape index (κ1) is 15.7. The van der Waals surface area contributed by atoms with E-state index >= 15 is 0 Å². The monoisotopic (exact) mass is 328 g/mol. The number of nitrogens with one attached hydrogen (secondary N) is 1. The van der Waals surface area contributed by atoms with Gasteiger partial charge < -0.3 is 5.73 Å². The number of hydrogen-bond acceptors (Lipinski definition) is 3. The molecule has 1 aliphatic rings. The minimum absolute atomic E-state index is 0.00864. The molecule has 5 heteroatoms. The highest BCUT2D eigenvalue weighted by Gasteiger charge is 2.32. The van der Waals surface area contributed by atoms with E-state index in [1.54, 1.807) is 12.1 Å². The third-order valence-corrected chi connectivity index (χ3v) is 4.33. The molecule has 2 aromatic carbocycles. The number of ketones is 1. The Balaban J connectivity index is 1.88. The maximum atomic E-state index is 12.8. The fraction of sp³-hybridized carbons (Fsp3) is 0.222. The zero-order valence-electron chi connectivity index (χ0n) is 12.5. The topological polar surface area (TPSA) is 72.2 Å². The summed E-state index contributed by atoms with van der Waals surface area (Å²) in [5.74, 6) is -0.453. The Bertz CT molecular complexity index is 760. The molecule has 0 aliphatic carbocycles. The molecule has 1 amide bonds. The molecule has 0 fully saturated rings. The maximum absolute atomic E-state index is 12.8. The molecule has 0 spiro atoms. The van der Waals surface area contributed by atoms with Gasteiger partial charge in [-0.2, -0.15) is 0 Å². The molecule has 1 aliphatic heterocycles. The summed E-state index contributed by atoms with van der Waals surface area (Å²) in [5, 5.41) is 3.69. The molecular formula is C18H17ClN2O2. The number of amides is 1. The predicted molar refractivity (Wildman–Crippen MR) is 89.2 cm³/mol. The van der Waals surface area contributed by atoms with E-state index in [-0.39, 0.29) is 12.2 Å². The van der Waals surface area contributed by atoms with E-state index in [1.165, 1.54) is 0 Å². The van der Waals surface area contributed by atoms with Gasteiger partial charge in [0.15, 0.2) is 5.78 Å². The summed E-state index contributed by atoms with van der Waals surface area (Å²) < 4.78 is 0. The van der Waals surface area contributed by atoms with Gasteiger partial charge >= 0.3 is 0 Å². The van der Waals surface area contributed by atoms with Crippen LogP contribution in [0.25, 0.3) is 0 Å². The first-order chi connectivity index (χ1) is 11.0. The summed E-state index contributed by atoms with van der Waals surface area (Å²) in [6.07, 6.45) is 0.754. The van der Waals surface area contributed by atoms with Crippen molar-refractivity contribution < 1.29 is 9.59 Å². The number of Topliss-reactive ketones (excluding diaryl/α,β-unsaturated/α-hetero) is 1. The molecule has 0 saturated carbocycles. The van der Waals surface area contributed by atoms with Crippen LogP contribution >= 0.6 is 11.6 Å². The molecule has 3 rings (SSSR count). The zero-order chi connectivity index (χ0) is 16.4. The molecule has 4 nitrogen and oxygen atoms in total. The maximum Gasteiger partial charge on any atom is 0.234 e. The van der Waals surface area contributed by atoms with Crippen LogP contribution in [-0.2, 0) is 22.4 Å². The number of hydrogen-bond donors (Lipinski definition) is 2. The number of nitrogens with two attached hydrogens (primary N) is 1. The van der Waals surface area contributed by atoms with Crippen molar-refractivity contribution in [2.45, 2.75) is 24.9 Å². The fourth-order valence-corrected chi connectivity index (χ4v) is 3.18. The van der Waals surface area contributed by atoms with Crippen molar-refractivity contribution in [2.75, 3.05) is 0 Å². The summed E-state index contributed by atoms with van der Waals surface area (Å²) in [5.41, 5.74) is 8.18. The van der Waals surface area contributed by atoms with Gasteiger partial charge in [-0.3, -0.25) is 14.9 Å². The van der Waals surface area contributed by atoms with Crippen LogP contribution in [0.2, 0.25) is 5.02 Å². The smallest absolute Gasteiger partial charge is 0.234 e. The molecule has 0 saturated heterocycles. The molecule has 2 unspecified atom stereocenters. The first-order valence-electron chi connectivity index (χ1n) is 7.45. The van der Waals surface area contributed by atoms with E-state index in [0.717, 1.165) is 16.7 Å². The number of primary amides is 1. The third kappa shape index (κ3) is 3.44. The summed E-state index contributed by atoms with van der Waals surface area (Å²) >= 11 is 5.97. The van der Waals surface area contributed by atoms with Gasteiger partial charge in [-0.1, -0.05) is 48.0 Å². The lowest BCUT2D eigenvalue weighted by atomic mass is 9.86. The summed E-state index contributed by atoms with van der Waals surface area (Å²) in [6.45, 7) is 0. The lowest BCUT2D eigenvalue weighted by molar-refractivity contribution is -0.123. The van der Waals surface area contributed by atoms with Crippen molar-refractivity contribution in [3.63, 3.8) is 0 Å². The Kier molecular flexibility index (Phi) is 4.46. The van der Waals surface area contributed by atoms with Gasteiger partial charge in [0.2, 0.25) is 5.91 Å². The molecular weight excluding hydrogens is 312 g/mol. The highest BCUT2D eigenvalue weighted by Crippen LogP contribution is 2.27. The Morgan fingerprint density at radius 1 is 1.17 bits per heavy atom. The van der Waals surface area contributed by atoms with Gasteiger partial charge in [-0.25, -0.2) is 0 Å². The minimum Gasteiger partial charge on any atom is -0.368 e. The van der Waals surface area contributed by atoms with Crippen LogP contribution in [0.5, 0.6) is 0 Å². The van der Waals surface area contributed by atoms with Crippen LogP contribution < -0.4 is 11.1 Å². The van der Waals surface area contributed by atoms with Gasteiger partial charge in [0.05, 0.1) is 12.1 Å². The van der Waals surface area contributed by atoms with Crippen LogP contribution in [-0.4, -0.2) is 17.7 Å². The van der Waals surface area contributed by atoms with Gasteiger partial charge in [0.25, 0.3) is 0 Å². The minimum atomic E-state index is -0.531. The lowest BCUT2D eigenvalue weighted by Gasteiger charge is -2.31. The van der Waals surface area contributed by atoms with Gasteiger partial charge in [-0.05, 0) is 35.2 Å². The van der Waals surface area contributed by atoms with E-state index in [0.29, 0.717) is 11.4 Å². The average Bonchev–Trinajstić information content (AvgIpc) is 2.53. The molecule has 3 N–H and O–H groups in total. The van der Waals surface area contributed by atoms with Crippen LogP contribution in [0.4, 0.5) is 0 Å². The normalized spacial score (nSPS) is 19.9. The molecule has 2 atom stereocenters. The molecule has 23 heavy (non-hydrogen) atoms. The molecule has 118 valence electrons. The predicted octanol–water partition coefficient (Wildman–Crippen LogP) is 2.19. The Hall–Kier alpha value is -2.17. The van der Waals surface area contributed by atoms with Crippen molar-refractivity contribution in [3.8, 4) is 0 Å². The second kappa shape index (κ2) is 6.52. The Labute approximate surface area is 139 Å². The number of carbonyl (C=O) groups is 2. The van der Waals surface area contributed by atoms with E-state index in [4.69, 9.17) is 17.3 Å². The van der Waals surface area contributed by atoms with Gasteiger partial charge in [0.1, 0.15) is 0 Å². The van der Waals surface area contributed by atoms with Crippen LogP contribution in [0, 0.1) is 0 Å². The number of fused-ring (bicyclic) bond motifs is 1. The molecule has 0 bridgehead atoms. The number of benzene rings is 2. The van der Waals surface area contributed by atoms with Crippen molar-refractivity contribution >= 4 is 23.3 Å². The second-order valence-corrected chi connectivity index (χ2v) is 6.17. The highest BCUT2D eigenvalue weighted by atomic mass is 35.5. The first-order valence-corrected chi connectivity index (χ1v) is 7.82. The van der Waals surface area contributed by atoms with Crippen LogP contribution in [0.3, 0.4) is 0 Å². The fourth-order valence-electron chi connectivity index (χ4n) is 2.97. The molecule has 0 aromatic heterocycles. The zero-order valence-corrected chi connectivity index (χ0v) is 13.2. The van der Waals surface area contributed by atoms with Crippen molar-refractivity contribution in [1.82, 2.24) is 5.32 Å². The van der Waals surface area contributed by atoms with Gasteiger partial charge in [0, 0.05) is 11.4 Å². The van der Waals surface area contributed by atoms with E-state index in [2.05, 4.69) is 5.32 Å². The Morgan fingerprint density at radius 2 is 1.96 bits per heavy atom. The van der Waals surface area contributed by atoms with Crippen molar-refractivity contribution in [2.24, 2.45) is 5.73 Å². The SMILES string of the molecule is NC(=O)C1Cc2ccccc2C(C(=O)Cc2cccc(Cl)c2)N1. The molecule has 0 radical (unpaired) electrons. The van der Waals surface area contributed by atoms with Crippen molar-refractivity contribution in [1.29, 1.82) is 0 Å². The van der Waals surface area contributed by atoms with Crippen molar-refractivity contribution in [3.05, 3.63) is 70.2 Å². The standard InChI is InChI=1S/C18H17ClN2O2/c19-13-6-3-4-11(8-13)9-16(22)17-14-7-2-1-5-12(14)10-15(21-17)18(20)23/h1-8,15,17,21H,9-10H2,(H2,20,23). The second-order valence-electron chi connectivity index (χ2n) is 5.73. The van der Waals surface area contributed by atoms with E-state index in [1.807, 2.05) is 36.4 Å². The molecule has 2 aromatic rings. The lowest BCUT2D eigenvalue weighted by Crippen LogP contribution is -2.50. The summed E-state index contributed by atoms with van der Waals surface area (Å²) in [7, 11) is 0. The number of halogens is 1. The number of carbonyl (C=O) groups excluding carboxylic acids is 2. The van der Waals surface area contributed by atoms with E-state index in [9.17, 15) is 9.59 Å². The largest absolute Gasteiger partial charge is 0.368 e. The highest BCUT2D eigenvalue weighted by molar-refractivity contribution is 6.30. The number of rotatable bonds is 4. The van der Waals surface area contributed by atoms with Crippen LogP contribution in [0.1, 0.15) is 22.7 Å². The summed E-state index contributed by atoms with van der Waals surface area (Å²) in [4.78, 5) is 24.3. The van der Waals surface area contributed by atoms with Gasteiger partial charge in [-0.15, -0.1) is 0 Å². The third-order valence-electron chi connectivity index (χ3n) is 4.09. The van der Waals surface area contributed by atoms with Crippen LogP contribution in [0.15, 0.2) is 48.5 Å². The quantitative estimate of drug-likeness (QED) is 0.903. The van der Waals surface area contributed by atoms with E-state index < -0.39 is 18.0 Å².